The van der Waals surface area contributed by atoms with E-state index in [4.69, 9.17) is 0 Å². The lowest BCUT2D eigenvalue weighted by Crippen LogP contribution is -1.86. The fourth-order valence-corrected chi connectivity index (χ4v) is 0.535. The number of hydrogen-bond donors (Lipinski definition) is 0. The van der Waals surface area contributed by atoms with Gasteiger partial charge in [-0.2, -0.15) is 0 Å². The molecule has 1 atom stereocenters. The summed E-state index contributed by atoms with van der Waals surface area (Å²) in [6, 6.07) is 0. The van der Waals surface area contributed by atoms with Crippen molar-refractivity contribution in [3.8, 4) is 0 Å². The van der Waals surface area contributed by atoms with Crippen molar-refractivity contribution in [3.63, 3.8) is 0 Å². The van der Waals surface area contributed by atoms with Crippen molar-refractivity contribution in [1.82, 2.24) is 0 Å². The lowest BCUT2D eigenvalue weighted by molar-refractivity contribution is 0.572. The summed E-state index contributed by atoms with van der Waals surface area (Å²) >= 11 is 0. The second-order valence-corrected chi connectivity index (χ2v) is 2.32. The first kappa shape index (κ1) is 7.74. The van der Waals surface area contributed by atoms with Gasteiger partial charge in [-0.25, -0.2) is 0 Å². The molecule has 0 fully saturated rings. The molecule has 0 amide bonds. The van der Waals surface area contributed by atoms with E-state index < -0.39 is 0 Å². The van der Waals surface area contributed by atoms with Crippen LogP contribution in [0.25, 0.3) is 0 Å². The van der Waals surface area contributed by atoms with E-state index in [-0.39, 0.29) is 0 Å². The molecule has 0 aliphatic rings. The van der Waals surface area contributed by atoms with Crippen molar-refractivity contribution in [1.29, 1.82) is 0 Å². The second-order valence-electron chi connectivity index (χ2n) is 2.32. The van der Waals surface area contributed by atoms with E-state index in [1.54, 1.807) is 0 Å². The Labute approximate surface area is 52.6 Å². The van der Waals surface area contributed by atoms with E-state index in [0.29, 0.717) is 0 Å². The highest BCUT2D eigenvalue weighted by molar-refractivity contribution is 4.78. The van der Waals surface area contributed by atoms with Crippen LogP contribution in [0, 0.1) is 5.92 Å². The summed E-state index contributed by atoms with van der Waals surface area (Å²) in [6.45, 7) is 6.58. The van der Waals surface area contributed by atoms with E-state index in [2.05, 4.69) is 32.9 Å². The molecule has 1 unspecified atom stereocenters. The quantitative estimate of drug-likeness (QED) is 0.492. The van der Waals surface area contributed by atoms with Crippen LogP contribution in [0.4, 0.5) is 0 Å². The minimum Gasteiger partial charge on any atom is -0.0917 e. The number of allylic oxidation sites excluding steroid dienone is 2. The van der Waals surface area contributed by atoms with Crippen molar-refractivity contribution < 1.29 is 0 Å². The molecule has 0 aromatic carbocycles. The third-order valence-electron chi connectivity index (χ3n) is 1.47. The summed E-state index contributed by atoms with van der Waals surface area (Å²) in [5.41, 5.74) is 0. The first-order valence-corrected chi connectivity index (χ1v) is 3.42. The van der Waals surface area contributed by atoms with Crippen molar-refractivity contribution >= 4 is 0 Å². The molecule has 0 aromatic heterocycles. The minimum absolute atomic E-state index is 0.867. The van der Waals surface area contributed by atoms with Gasteiger partial charge in [-0.3, -0.25) is 0 Å². The predicted octanol–water partition coefficient (Wildman–Crippen LogP) is 3.00. The summed E-state index contributed by atoms with van der Waals surface area (Å²) in [4.78, 5) is 0. The molecule has 0 saturated carbocycles. The van der Waals surface area contributed by atoms with E-state index in [1.165, 1.54) is 12.8 Å². The van der Waals surface area contributed by atoms with Gasteiger partial charge < -0.3 is 0 Å². The van der Waals surface area contributed by atoms with Gasteiger partial charge in [-0.1, -0.05) is 32.4 Å². The second kappa shape index (κ2) is 4.89. The van der Waals surface area contributed by atoms with Gasteiger partial charge in [0.25, 0.3) is 0 Å². The lowest BCUT2D eigenvalue weighted by atomic mass is 10.1. The summed E-state index contributed by atoms with van der Waals surface area (Å²) in [5.74, 6) is 0.867. The standard InChI is InChI=1S/C8H16/c1-4-6-7-8(3)5-2/h4,6,8H,5,7H2,1-3H3. The van der Waals surface area contributed by atoms with E-state index >= 15 is 0 Å². The fraction of sp³-hybridized carbons (Fsp3) is 0.750. The van der Waals surface area contributed by atoms with Crippen LogP contribution >= 0.6 is 0 Å². The Bertz CT molecular complexity index is 62.4. The Morgan fingerprint density at radius 1 is 1.50 bits per heavy atom. The zero-order chi connectivity index (χ0) is 6.41. The van der Waals surface area contributed by atoms with Gasteiger partial charge in [0.1, 0.15) is 0 Å². The van der Waals surface area contributed by atoms with Crippen molar-refractivity contribution in [2.45, 2.75) is 33.6 Å². The molecule has 0 nitrogen and oxygen atoms in total. The summed E-state index contributed by atoms with van der Waals surface area (Å²) < 4.78 is 0. The summed E-state index contributed by atoms with van der Waals surface area (Å²) in [6.07, 6.45) is 6.89. The van der Waals surface area contributed by atoms with Crippen LogP contribution in [0.5, 0.6) is 0 Å². The van der Waals surface area contributed by atoms with Crippen LogP contribution < -0.4 is 0 Å². The van der Waals surface area contributed by atoms with Crippen molar-refractivity contribution in [2.75, 3.05) is 0 Å². The molecule has 0 aliphatic carbocycles. The van der Waals surface area contributed by atoms with E-state index in [1.807, 2.05) is 0 Å². The minimum atomic E-state index is 0.867. The normalized spacial score (nSPS) is 14.9. The highest BCUT2D eigenvalue weighted by Gasteiger charge is 1.91. The van der Waals surface area contributed by atoms with Crippen molar-refractivity contribution in [2.24, 2.45) is 5.92 Å². The average molecular weight is 112 g/mol. The zero-order valence-corrected chi connectivity index (χ0v) is 6.15. The Hall–Kier alpha value is -0.260. The summed E-state index contributed by atoms with van der Waals surface area (Å²) in [5, 5.41) is 0. The Morgan fingerprint density at radius 3 is 2.50 bits per heavy atom. The van der Waals surface area contributed by atoms with Crippen LogP contribution in [-0.4, -0.2) is 0 Å². The van der Waals surface area contributed by atoms with Gasteiger partial charge in [0, 0.05) is 0 Å². The highest BCUT2D eigenvalue weighted by Crippen LogP contribution is 2.05. The van der Waals surface area contributed by atoms with Gasteiger partial charge in [0.15, 0.2) is 0 Å². The molecule has 0 bridgehead atoms. The van der Waals surface area contributed by atoms with Crippen LogP contribution in [0.1, 0.15) is 33.6 Å². The fourth-order valence-electron chi connectivity index (χ4n) is 0.535. The van der Waals surface area contributed by atoms with Gasteiger partial charge in [-0.15, -0.1) is 0 Å². The molecule has 0 rings (SSSR count). The molecule has 0 N–H and O–H groups in total. The predicted molar refractivity (Wildman–Crippen MR) is 38.9 cm³/mol. The molecule has 8 heavy (non-hydrogen) atoms. The largest absolute Gasteiger partial charge is 0.0917 e. The van der Waals surface area contributed by atoms with Gasteiger partial charge in [0.2, 0.25) is 0 Å². The molecule has 0 heteroatoms. The van der Waals surface area contributed by atoms with Gasteiger partial charge >= 0.3 is 0 Å². The van der Waals surface area contributed by atoms with Crippen molar-refractivity contribution in [3.05, 3.63) is 12.2 Å². The number of rotatable bonds is 3. The molecular weight excluding hydrogens is 96.1 g/mol. The topological polar surface area (TPSA) is 0 Å². The Balaban J connectivity index is 3.10. The highest BCUT2D eigenvalue weighted by atomic mass is 14.0. The monoisotopic (exact) mass is 112 g/mol. The van der Waals surface area contributed by atoms with Crippen LogP contribution in [0.3, 0.4) is 0 Å². The SMILES string of the molecule is CC=CCC(C)CC. The number of hydrogen-bond acceptors (Lipinski definition) is 0. The average Bonchev–Trinajstić information content (AvgIpc) is 1.83. The van der Waals surface area contributed by atoms with E-state index in [0.717, 1.165) is 5.92 Å². The molecule has 0 radical (unpaired) electrons. The first-order chi connectivity index (χ1) is 3.81. The molecule has 0 spiro atoms. The first-order valence-electron chi connectivity index (χ1n) is 3.42. The maximum atomic E-state index is 2.28. The zero-order valence-electron chi connectivity index (χ0n) is 6.15. The van der Waals surface area contributed by atoms with Crippen LogP contribution in [0.2, 0.25) is 0 Å². The van der Waals surface area contributed by atoms with Gasteiger partial charge in [0.05, 0.1) is 0 Å². The van der Waals surface area contributed by atoms with E-state index in [9.17, 15) is 0 Å². The smallest absolute Gasteiger partial charge is 0.0325 e. The molecule has 0 aliphatic heterocycles. The third kappa shape index (κ3) is 3.91. The molecule has 0 saturated heterocycles. The van der Waals surface area contributed by atoms with Gasteiger partial charge in [-0.05, 0) is 19.3 Å². The Kier molecular flexibility index (Phi) is 4.73. The van der Waals surface area contributed by atoms with Crippen LogP contribution in [0.15, 0.2) is 12.2 Å². The van der Waals surface area contributed by atoms with Crippen LogP contribution in [-0.2, 0) is 0 Å². The molecular formula is C8H16. The Morgan fingerprint density at radius 2 is 2.12 bits per heavy atom. The lowest BCUT2D eigenvalue weighted by Gasteiger charge is -2.00. The molecule has 0 heterocycles. The maximum absolute atomic E-state index is 2.28. The summed E-state index contributed by atoms with van der Waals surface area (Å²) in [7, 11) is 0. The third-order valence-corrected chi connectivity index (χ3v) is 1.47. The maximum Gasteiger partial charge on any atom is -0.0325 e. The molecule has 48 valence electrons. The molecule has 0 aromatic rings.